The zero-order valence-corrected chi connectivity index (χ0v) is 14.8. The van der Waals surface area contributed by atoms with E-state index in [1.165, 1.54) is 35.3 Å². The van der Waals surface area contributed by atoms with Gasteiger partial charge in [0.15, 0.2) is 0 Å². The molecule has 2 aromatic heterocycles. The number of nitrogens with zero attached hydrogens (tertiary/aromatic N) is 2. The van der Waals surface area contributed by atoms with E-state index in [1.54, 1.807) is 10.5 Å². The number of rotatable bonds is 3. The van der Waals surface area contributed by atoms with E-state index in [1.807, 2.05) is 25.3 Å². The lowest BCUT2D eigenvalue weighted by molar-refractivity contribution is -0.927. The zero-order chi connectivity index (χ0) is 17.4. The molecule has 1 aliphatic rings. The van der Waals surface area contributed by atoms with Crippen molar-refractivity contribution in [2.24, 2.45) is 0 Å². The molecule has 1 aliphatic carbocycles. The van der Waals surface area contributed by atoms with Crippen molar-refractivity contribution in [1.82, 2.24) is 9.38 Å². The van der Waals surface area contributed by atoms with Crippen LogP contribution in [0, 0.1) is 6.92 Å². The number of nitrogens with one attached hydrogen (secondary N) is 1. The van der Waals surface area contributed by atoms with Crippen LogP contribution in [0.4, 0.5) is 0 Å². The van der Waals surface area contributed by atoms with E-state index in [-0.39, 0.29) is 5.56 Å². The van der Waals surface area contributed by atoms with Gasteiger partial charge in [-0.2, -0.15) is 0 Å². The highest BCUT2D eigenvalue weighted by atomic mass is 16.1. The summed E-state index contributed by atoms with van der Waals surface area (Å²) in [6.07, 6.45) is 5.44. The average molecular weight is 334 g/mol. The third-order valence-corrected chi connectivity index (χ3v) is 5.28. The summed E-state index contributed by atoms with van der Waals surface area (Å²) < 4.78 is 1.63. The molecule has 2 atom stereocenters. The second-order valence-electron chi connectivity index (χ2n) is 7.19. The van der Waals surface area contributed by atoms with Crippen LogP contribution in [0.2, 0.25) is 0 Å². The molecule has 0 bridgehead atoms. The minimum Gasteiger partial charge on any atom is -0.326 e. The van der Waals surface area contributed by atoms with Crippen molar-refractivity contribution < 1.29 is 4.90 Å². The molecule has 1 unspecified atom stereocenters. The average Bonchev–Trinajstić information content (AvgIpc) is 2.62. The zero-order valence-electron chi connectivity index (χ0n) is 14.8. The van der Waals surface area contributed by atoms with Crippen molar-refractivity contribution in [3.8, 4) is 0 Å². The second kappa shape index (κ2) is 6.45. The summed E-state index contributed by atoms with van der Waals surface area (Å²) >= 11 is 0. The number of hydrogen-bond acceptors (Lipinski definition) is 2. The molecule has 25 heavy (non-hydrogen) atoms. The third kappa shape index (κ3) is 3.10. The van der Waals surface area contributed by atoms with Gasteiger partial charge in [0, 0.05) is 24.2 Å². The molecule has 3 aromatic rings. The molecule has 0 radical (unpaired) electrons. The monoisotopic (exact) mass is 334 g/mol. The Hall–Kier alpha value is -2.46. The molecule has 128 valence electrons. The van der Waals surface area contributed by atoms with Gasteiger partial charge in [0.05, 0.1) is 7.05 Å². The van der Waals surface area contributed by atoms with E-state index in [9.17, 15) is 4.79 Å². The van der Waals surface area contributed by atoms with E-state index in [2.05, 4.69) is 31.3 Å². The first-order valence-corrected chi connectivity index (χ1v) is 9.01. The largest absolute Gasteiger partial charge is 0.326 e. The molecule has 4 nitrogen and oxygen atoms in total. The molecule has 0 amide bonds. The molecule has 0 fully saturated rings. The summed E-state index contributed by atoms with van der Waals surface area (Å²) in [5.41, 5.74) is 5.59. The molecular formula is C21H24N3O+. The van der Waals surface area contributed by atoms with Crippen LogP contribution >= 0.6 is 0 Å². The standard InChI is InChI=1S/C21H23N3O/c1-15-10-11-20-22-17(12-21(25)24(20)13-15)14-23(2)19-9-5-7-16-6-3-4-8-18(16)19/h3-4,6,8,10-13,19H,5,7,9,14H2,1-2H3/p+1/t19-/m1/s1. The predicted octanol–water partition coefficient (Wildman–Crippen LogP) is 2.10. The number of fused-ring (bicyclic) bond motifs is 2. The summed E-state index contributed by atoms with van der Waals surface area (Å²) in [6.45, 7) is 2.75. The lowest BCUT2D eigenvalue weighted by Gasteiger charge is -2.30. The van der Waals surface area contributed by atoms with Crippen LogP contribution in [0.1, 0.15) is 41.3 Å². The normalized spacial score (nSPS) is 18.1. The van der Waals surface area contributed by atoms with E-state index >= 15 is 0 Å². The van der Waals surface area contributed by atoms with Crippen LogP contribution in [-0.2, 0) is 13.0 Å². The van der Waals surface area contributed by atoms with Gasteiger partial charge in [0.1, 0.15) is 23.9 Å². The number of benzene rings is 1. The number of aromatic nitrogens is 2. The van der Waals surface area contributed by atoms with E-state index in [4.69, 9.17) is 4.98 Å². The Balaban J connectivity index is 1.63. The van der Waals surface area contributed by atoms with Gasteiger partial charge in [-0.15, -0.1) is 0 Å². The van der Waals surface area contributed by atoms with Crippen LogP contribution in [0.5, 0.6) is 0 Å². The second-order valence-corrected chi connectivity index (χ2v) is 7.19. The maximum absolute atomic E-state index is 12.4. The Morgan fingerprint density at radius 1 is 1.24 bits per heavy atom. The highest BCUT2D eigenvalue weighted by Gasteiger charge is 2.27. The summed E-state index contributed by atoms with van der Waals surface area (Å²) in [5.74, 6) is 0. The van der Waals surface area contributed by atoms with Gasteiger partial charge < -0.3 is 4.90 Å². The molecule has 2 heterocycles. The van der Waals surface area contributed by atoms with Crippen molar-refractivity contribution in [1.29, 1.82) is 0 Å². The predicted molar refractivity (Wildman–Crippen MR) is 98.9 cm³/mol. The Kier molecular flexibility index (Phi) is 4.14. The fourth-order valence-electron chi connectivity index (χ4n) is 4.02. The molecule has 1 aromatic carbocycles. The number of hydrogen-bond donors (Lipinski definition) is 1. The van der Waals surface area contributed by atoms with Crippen molar-refractivity contribution >= 4 is 5.65 Å². The summed E-state index contributed by atoms with van der Waals surface area (Å²) in [4.78, 5) is 18.5. The summed E-state index contributed by atoms with van der Waals surface area (Å²) in [6, 6.07) is 14.8. The fourth-order valence-corrected chi connectivity index (χ4v) is 4.02. The molecule has 4 heteroatoms. The lowest BCUT2D eigenvalue weighted by atomic mass is 9.87. The van der Waals surface area contributed by atoms with Crippen LogP contribution in [0.15, 0.2) is 53.5 Å². The molecular weight excluding hydrogens is 310 g/mol. The van der Waals surface area contributed by atoms with Gasteiger partial charge in [-0.05, 0) is 37.0 Å². The van der Waals surface area contributed by atoms with Crippen molar-refractivity contribution in [2.45, 2.75) is 38.8 Å². The molecule has 4 rings (SSSR count). The first-order valence-electron chi connectivity index (χ1n) is 9.01. The highest BCUT2D eigenvalue weighted by Crippen LogP contribution is 2.27. The molecule has 0 aliphatic heterocycles. The van der Waals surface area contributed by atoms with Gasteiger partial charge >= 0.3 is 0 Å². The Morgan fingerprint density at radius 2 is 2.08 bits per heavy atom. The smallest absolute Gasteiger partial charge is 0.258 e. The summed E-state index contributed by atoms with van der Waals surface area (Å²) in [5, 5.41) is 0. The van der Waals surface area contributed by atoms with E-state index in [0.29, 0.717) is 6.04 Å². The maximum atomic E-state index is 12.4. The van der Waals surface area contributed by atoms with Crippen LogP contribution in [0.25, 0.3) is 5.65 Å². The van der Waals surface area contributed by atoms with Crippen molar-refractivity contribution in [3.05, 3.63) is 81.4 Å². The molecule has 1 N–H and O–H groups in total. The van der Waals surface area contributed by atoms with Gasteiger partial charge in [0.2, 0.25) is 0 Å². The maximum Gasteiger partial charge on any atom is 0.258 e. The topological polar surface area (TPSA) is 38.8 Å². The Bertz CT molecular complexity index is 976. The van der Waals surface area contributed by atoms with Crippen molar-refractivity contribution in [2.75, 3.05) is 7.05 Å². The minimum atomic E-state index is 0.000504. The van der Waals surface area contributed by atoms with Crippen LogP contribution in [-0.4, -0.2) is 16.4 Å². The van der Waals surface area contributed by atoms with Crippen molar-refractivity contribution in [3.63, 3.8) is 0 Å². The molecule has 0 spiro atoms. The molecule has 0 saturated carbocycles. The van der Waals surface area contributed by atoms with E-state index in [0.717, 1.165) is 23.4 Å². The van der Waals surface area contributed by atoms with E-state index < -0.39 is 0 Å². The molecule has 0 saturated heterocycles. The van der Waals surface area contributed by atoms with Crippen LogP contribution < -0.4 is 10.5 Å². The van der Waals surface area contributed by atoms with Gasteiger partial charge in [-0.3, -0.25) is 9.20 Å². The van der Waals surface area contributed by atoms with Crippen LogP contribution in [0.3, 0.4) is 0 Å². The SMILES string of the molecule is Cc1ccc2nc(C[NH+](C)[C@@H]3CCCc4ccccc43)cc(=O)n2c1. The number of pyridine rings is 1. The third-order valence-electron chi connectivity index (χ3n) is 5.28. The first kappa shape index (κ1) is 16.0. The highest BCUT2D eigenvalue weighted by molar-refractivity contribution is 5.39. The fraction of sp³-hybridized carbons (Fsp3) is 0.333. The van der Waals surface area contributed by atoms with Gasteiger partial charge in [-0.25, -0.2) is 4.98 Å². The summed E-state index contributed by atoms with van der Waals surface area (Å²) in [7, 11) is 2.21. The first-order chi connectivity index (χ1) is 12.1. The minimum absolute atomic E-state index is 0.000504. The Labute approximate surface area is 147 Å². The Morgan fingerprint density at radius 3 is 2.96 bits per heavy atom. The van der Waals surface area contributed by atoms with Gasteiger partial charge in [0.25, 0.3) is 5.56 Å². The number of aryl methyl sites for hydroxylation is 2. The quantitative estimate of drug-likeness (QED) is 0.797. The lowest BCUT2D eigenvalue weighted by Crippen LogP contribution is -3.08. The number of quaternary nitrogens is 1. The van der Waals surface area contributed by atoms with Gasteiger partial charge in [-0.1, -0.05) is 30.3 Å².